The highest BCUT2D eigenvalue weighted by Crippen LogP contribution is 2.50. The summed E-state index contributed by atoms with van der Waals surface area (Å²) in [6.45, 7) is 9.11. The van der Waals surface area contributed by atoms with E-state index in [1.165, 1.54) is 13.8 Å². The quantitative estimate of drug-likeness (QED) is 0.149. The highest BCUT2D eigenvalue weighted by atomic mass is 35.5. The van der Waals surface area contributed by atoms with Crippen molar-refractivity contribution in [2.45, 2.75) is 20.3 Å². The predicted molar refractivity (Wildman–Crippen MR) is 72.9 cm³/mol. The summed E-state index contributed by atoms with van der Waals surface area (Å²) in [7, 11) is -4.46. The van der Waals surface area contributed by atoms with E-state index >= 15 is 0 Å². The van der Waals surface area contributed by atoms with Gasteiger partial charge in [0.1, 0.15) is 0 Å². The Bertz CT molecular complexity index is 427. The van der Waals surface area contributed by atoms with E-state index in [1.807, 2.05) is 0 Å². The van der Waals surface area contributed by atoms with Crippen LogP contribution in [0.25, 0.3) is 0 Å². The molecule has 0 aromatic rings. The molecule has 0 saturated carbocycles. The Kier molecular flexibility index (Phi) is 9.16. The minimum Gasteiger partial charge on any atom is -0.283 e. The topological polar surface area (TPSA) is 97.4 Å². The second kappa shape index (κ2) is 9.70. The van der Waals surface area contributed by atoms with Gasteiger partial charge in [0, 0.05) is 17.0 Å². The van der Waals surface area contributed by atoms with Gasteiger partial charge in [-0.1, -0.05) is 22.5 Å². The number of hydrogen-bond acceptors (Lipinski definition) is 8. The molecule has 0 atom stereocenters. The largest absolute Gasteiger partial charge is 0.547 e. The molecule has 0 fully saturated rings. The number of phosphoric acid groups is 1. The van der Waals surface area contributed by atoms with Crippen LogP contribution in [-0.4, -0.2) is 24.4 Å². The Morgan fingerprint density at radius 1 is 1.05 bits per heavy atom. The summed E-state index contributed by atoms with van der Waals surface area (Å²) >= 11 is 5.42. The van der Waals surface area contributed by atoms with Crippen molar-refractivity contribution in [2.75, 3.05) is 12.5 Å². The third kappa shape index (κ3) is 8.64. The summed E-state index contributed by atoms with van der Waals surface area (Å²) in [5, 5.41) is 0. The van der Waals surface area contributed by atoms with E-state index in [1.54, 1.807) is 0 Å². The van der Waals surface area contributed by atoms with Gasteiger partial charge in [-0.05, 0) is 20.3 Å². The molecule has 0 aliphatic rings. The molecule has 0 aromatic heterocycles. The first-order chi connectivity index (χ1) is 9.72. The van der Waals surface area contributed by atoms with Crippen LogP contribution in [0.3, 0.4) is 0 Å². The fourth-order valence-electron chi connectivity index (χ4n) is 0.588. The maximum atomic E-state index is 12.0. The maximum Gasteiger partial charge on any atom is 0.547 e. The zero-order valence-electron chi connectivity index (χ0n) is 11.6. The van der Waals surface area contributed by atoms with Crippen LogP contribution in [0.4, 0.5) is 0 Å². The van der Waals surface area contributed by atoms with Crippen molar-refractivity contribution in [1.29, 1.82) is 0 Å². The minimum atomic E-state index is -4.46. The molecular formula is C11H16ClO8P. The summed E-state index contributed by atoms with van der Waals surface area (Å²) in [6.07, 6.45) is 0.307. The monoisotopic (exact) mass is 342 g/mol. The average molecular weight is 343 g/mol. The molecule has 0 radical (unpaired) electrons. The SMILES string of the molecule is C=C(C)C(=O)OOP(=O)(OCCCCl)OOC(=O)C(=C)C. The van der Waals surface area contributed by atoms with Crippen LogP contribution in [0.5, 0.6) is 0 Å². The Hall–Kier alpha value is -1.18. The number of rotatable bonds is 10. The molecule has 0 unspecified atom stereocenters. The van der Waals surface area contributed by atoms with Gasteiger partial charge >= 0.3 is 19.8 Å². The zero-order valence-corrected chi connectivity index (χ0v) is 13.3. The van der Waals surface area contributed by atoms with Crippen molar-refractivity contribution >= 4 is 31.4 Å². The van der Waals surface area contributed by atoms with Gasteiger partial charge in [-0.3, -0.25) is 14.3 Å². The predicted octanol–water partition coefficient (Wildman–Crippen LogP) is 2.84. The molecule has 0 aliphatic carbocycles. The van der Waals surface area contributed by atoms with Gasteiger partial charge in [0.15, 0.2) is 0 Å². The van der Waals surface area contributed by atoms with Crippen LogP contribution in [0.2, 0.25) is 0 Å². The van der Waals surface area contributed by atoms with E-state index in [0.29, 0.717) is 6.42 Å². The van der Waals surface area contributed by atoms with Crippen LogP contribution in [0.15, 0.2) is 24.3 Å². The van der Waals surface area contributed by atoms with Crippen molar-refractivity contribution in [1.82, 2.24) is 0 Å². The van der Waals surface area contributed by atoms with Crippen LogP contribution >= 0.6 is 19.4 Å². The first-order valence-electron chi connectivity index (χ1n) is 5.64. The molecule has 0 N–H and O–H groups in total. The van der Waals surface area contributed by atoms with Crippen molar-refractivity contribution < 1.29 is 37.8 Å². The van der Waals surface area contributed by atoms with E-state index in [4.69, 9.17) is 16.1 Å². The van der Waals surface area contributed by atoms with Gasteiger partial charge in [-0.15, -0.1) is 11.6 Å². The van der Waals surface area contributed by atoms with Gasteiger partial charge in [-0.25, -0.2) is 14.2 Å². The lowest BCUT2D eigenvalue weighted by atomic mass is 10.4. The number of alkyl halides is 1. The normalized spacial score (nSPS) is 10.8. The third-order valence-electron chi connectivity index (χ3n) is 1.63. The molecule has 10 heteroatoms. The van der Waals surface area contributed by atoms with E-state index < -0.39 is 19.8 Å². The smallest absolute Gasteiger partial charge is 0.283 e. The van der Waals surface area contributed by atoms with Gasteiger partial charge in [-0.2, -0.15) is 0 Å². The van der Waals surface area contributed by atoms with Crippen molar-refractivity contribution in [3.05, 3.63) is 24.3 Å². The average Bonchev–Trinajstić information content (AvgIpc) is 2.42. The van der Waals surface area contributed by atoms with Gasteiger partial charge in [0.2, 0.25) is 0 Å². The van der Waals surface area contributed by atoms with Gasteiger partial charge in [0.05, 0.1) is 6.61 Å². The lowest BCUT2D eigenvalue weighted by Gasteiger charge is -2.14. The molecule has 0 aromatic carbocycles. The van der Waals surface area contributed by atoms with Gasteiger partial charge in [0.25, 0.3) is 0 Å². The zero-order chi connectivity index (χ0) is 16.5. The fourth-order valence-corrected chi connectivity index (χ4v) is 1.48. The Morgan fingerprint density at radius 3 is 1.81 bits per heavy atom. The summed E-state index contributed by atoms with van der Waals surface area (Å²) in [5.41, 5.74) is -0.0255. The van der Waals surface area contributed by atoms with Crippen LogP contribution in [0.1, 0.15) is 20.3 Å². The second-order valence-corrected chi connectivity index (χ2v) is 5.60. The number of hydrogen-bond donors (Lipinski definition) is 0. The summed E-state index contributed by atoms with van der Waals surface area (Å²) in [5.74, 6) is -1.77. The third-order valence-corrected chi connectivity index (χ3v) is 2.91. The van der Waals surface area contributed by atoms with Crippen LogP contribution in [0, 0.1) is 0 Å². The standard InChI is InChI=1S/C11H16ClO8P/c1-8(2)10(13)17-19-21(15,16-7-5-6-12)20-18-11(14)9(3)4/h1,3,5-7H2,2,4H3. The lowest BCUT2D eigenvalue weighted by molar-refractivity contribution is -0.258. The molecule has 0 saturated heterocycles. The molecular weight excluding hydrogens is 327 g/mol. The van der Waals surface area contributed by atoms with Crippen LogP contribution < -0.4 is 0 Å². The van der Waals surface area contributed by atoms with Crippen molar-refractivity contribution in [3.8, 4) is 0 Å². The first-order valence-corrected chi connectivity index (χ1v) is 7.64. The number of halogens is 1. The highest BCUT2D eigenvalue weighted by Gasteiger charge is 2.34. The first kappa shape index (κ1) is 19.8. The molecule has 120 valence electrons. The summed E-state index contributed by atoms with van der Waals surface area (Å²) in [4.78, 5) is 30.7. The molecule has 0 heterocycles. The van der Waals surface area contributed by atoms with E-state index in [-0.39, 0.29) is 23.6 Å². The fraction of sp³-hybridized carbons (Fsp3) is 0.455. The highest BCUT2D eigenvalue weighted by molar-refractivity contribution is 7.48. The summed E-state index contributed by atoms with van der Waals surface area (Å²) < 4.78 is 25.3. The summed E-state index contributed by atoms with van der Waals surface area (Å²) in [6, 6.07) is 0. The lowest BCUT2D eigenvalue weighted by Crippen LogP contribution is -2.11. The molecule has 21 heavy (non-hydrogen) atoms. The Labute approximate surface area is 127 Å². The van der Waals surface area contributed by atoms with Crippen molar-refractivity contribution in [3.63, 3.8) is 0 Å². The molecule has 8 nitrogen and oxygen atoms in total. The molecule has 0 rings (SSSR count). The van der Waals surface area contributed by atoms with E-state index in [0.717, 1.165) is 0 Å². The molecule has 0 bridgehead atoms. The molecule has 0 spiro atoms. The van der Waals surface area contributed by atoms with Crippen LogP contribution in [-0.2, 0) is 37.8 Å². The molecule has 0 amide bonds. The molecule has 0 aliphatic heterocycles. The second-order valence-electron chi connectivity index (χ2n) is 3.77. The van der Waals surface area contributed by atoms with E-state index in [2.05, 4.69) is 32.3 Å². The Balaban J connectivity index is 4.63. The maximum absolute atomic E-state index is 12.0. The van der Waals surface area contributed by atoms with E-state index in [9.17, 15) is 14.2 Å². The number of carbonyl (C=O) groups is 2. The number of carbonyl (C=O) groups excluding carboxylic acids is 2. The minimum absolute atomic E-state index is 0.0127. The van der Waals surface area contributed by atoms with Crippen molar-refractivity contribution in [2.24, 2.45) is 0 Å². The van der Waals surface area contributed by atoms with Gasteiger partial charge < -0.3 is 0 Å². The Morgan fingerprint density at radius 2 is 1.48 bits per heavy atom.